The largest absolute Gasteiger partial charge is 0.508 e. The van der Waals surface area contributed by atoms with Crippen molar-refractivity contribution in [3.8, 4) is 11.5 Å². The van der Waals surface area contributed by atoms with E-state index < -0.39 is 5.97 Å². The van der Waals surface area contributed by atoms with Crippen molar-refractivity contribution in [2.24, 2.45) is 0 Å². The first-order chi connectivity index (χ1) is 9.49. The minimum absolute atomic E-state index is 0.00508. The third kappa shape index (κ3) is 2.90. The zero-order chi connectivity index (χ0) is 14.7. The molecule has 0 amide bonds. The number of carboxylic acid groups (broad SMARTS) is 1. The van der Waals surface area contributed by atoms with Crippen LogP contribution >= 0.6 is 0 Å². The molecule has 0 radical (unpaired) electrons. The number of carboxylic acids is 1. The lowest BCUT2D eigenvalue weighted by Crippen LogP contribution is -2.15. The normalized spacial score (nSPS) is 10.8. The molecule has 0 bridgehead atoms. The molecule has 0 fully saturated rings. The van der Waals surface area contributed by atoms with E-state index in [-0.39, 0.29) is 24.2 Å². The molecule has 0 saturated heterocycles. The summed E-state index contributed by atoms with van der Waals surface area (Å²) in [6.07, 6.45) is 1.49. The molecule has 2 rings (SSSR count). The molecule has 1 aromatic heterocycles. The summed E-state index contributed by atoms with van der Waals surface area (Å²) < 4.78 is 7.16. The Kier molecular flexibility index (Phi) is 3.93. The molecule has 6 heteroatoms. The minimum atomic E-state index is -1.07. The van der Waals surface area contributed by atoms with E-state index in [0.29, 0.717) is 11.4 Å². The smallest absolute Gasteiger partial charge is 0.372 e. The molecular formula is C14H16N2O4. The number of aromatic hydroxyl groups is 1. The summed E-state index contributed by atoms with van der Waals surface area (Å²) in [6.45, 7) is 3.94. The number of hydrogen-bond donors (Lipinski definition) is 2. The van der Waals surface area contributed by atoms with Crippen molar-refractivity contribution in [3.63, 3.8) is 0 Å². The summed E-state index contributed by atoms with van der Waals surface area (Å²) >= 11 is 0. The van der Waals surface area contributed by atoms with E-state index in [9.17, 15) is 9.90 Å². The van der Waals surface area contributed by atoms with Gasteiger partial charge in [0, 0.05) is 12.1 Å². The van der Waals surface area contributed by atoms with Gasteiger partial charge in [-0.05, 0) is 26.0 Å². The Labute approximate surface area is 116 Å². The molecule has 0 spiro atoms. The highest BCUT2D eigenvalue weighted by Crippen LogP contribution is 2.20. The van der Waals surface area contributed by atoms with Crippen LogP contribution in [0.4, 0.5) is 0 Å². The Morgan fingerprint density at radius 1 is 1.45 bits per heavy atom. The van der Waals surface area contributed by atoms with Gasteiger partial charge in [-0.3, -0.25) is 0 Å². The van der Waals surface area contributed by atoms with Gasteiger partial charge in [-0.1, -0.05) is 6.07 Å². The highest BCUT2D eigenvalue weighted by atomic mass is 16.5. The standard InChI is InChI=1S/C14H16N2O4/c1-9(2)16-10(7-15-13(16)14(18)19)8-20-12-5-3-4-11(17)6-12/h3-7,9,17H,8H2,1-2H3,(H,18,19). The predicted molar refractivity (Wildman–Crippen MR) is 72.0 cm³/mol. The van der Waals surface area contributed by atoms with Crippen molar-refractivity contribution in [2.45, 2.75) is 26.5 Å². The molecule has 6 nitrogen and oxygen atoms in total. The van der Waals surface area contributed by atoms with Gasteiger partial charge in [0.05, 0.1) is 11.9 Å². The fraction of sp³-hybridized carbons (Fsp3) is 0.286. The van der Waals surface area contributed by atoms with Gasteiger partial charge >= 0.3 is 5.97 Å². The first-order valence-corrected chi connectivity index (χ1v) is 6.20. The highest BCUT2D eigenvalue weighted by molar-refractivity contribution is 5.83. The lowest BCUT2D eigenvalue weighted by molar-refractivity contribution is 0.0675. The zero-order valence-corrected chi connectivity index (χ0v) is 11.3. The van der Waals surface area contributed by atoms with Crippen molar-refractivity contribution in [1.29, 1.82) is 0 Å². The van der Waals surface area contributed by atoms with Crippen molar-refractivity contribution < 1.29 is 19.7 Å². The Bertz CT molecular complexity index is 619. The summed E-state index contributed by atoms with van der Waals surface area (Å²) in [4.78, 5) is 15.0. The van der Waals surface area contributed by atoms with E-state index in [2.05, 4.69) is 4.98 Å². The van der Waals surface area contributed by atoms with Crippen LogP contribution in [0.2, 0.25) is 0 Å². The average molecular weight is 276 g/mol. The lowest BCUT2D eigenvalue weighted by atomic mass is 10.3. The molecule has 0 aliphatic carbocycles. The SMILES string of the molecule is CC(C)n1c(COc2cccc(O)c2)cnc1C(=O)O. The molecule has 0 unspecified atom stereocenters. The van der Waals surface area contributed by atoms with Crippen LogP contribution in [0, 0.1) is 0 Å². The van der Waals surface area contributed by atoms with Gasteiger partial charge in [-0.15, -0.1) is 0 Å². The number of aromatic nitrogens is 2. The highest BCUT2D eigenvalue weighted by Gasteiger charge is 2.18. The van der Waals surface area contributed by atoms with Crippen molar-refractivity contribution in [1.82, 2.24) is 9.55 Å². The molecule has 0 atom stereocenters. The van der Waals surface area contributed by atoms with Crippen LogP contribution in [0.3, 0.4) is 0 Å². The Hall–Kier alpha value is -2.50. The number of aromatic carboxylic acids is 1. The lowest BCUT2D eigenvalue weighted by Gasteiger charge is -2.14. The van der Waals surface area contributed by atoms with Crippen LogP contribution in [-0.4, -0.2) is 25.7 Å². The molecule has 20 heavy (non-hydrogen) atoms. The van der Waals surface area contributed by atoms with Crippen molar-refractivity contribution in [2.75, 3.05) is 0 Å². The van der Waals surface area contributed by atoms with Crippen molar-refractivity contribution in [3.05, 3.63) is 42.0 Å². The maximum absolute atomic E-state index is 11.1. The van der Waals surface area contributed by atoms with Crippen LogP contribution in [-0.2, 0) is 6.61 Å². The van der Waals surface area contributed by atoms with Crippen LogP contribution in [0.15, 0.2) is 30.5 Å². The van der Waals surface area contributed by atoms with Crippen LogP contribution in [0.25, 0.3) is 0 Å². The van der Waals surface area contributed by atoms with Gasteiger partial charge in [-0.2, -0.15) is 0 Å². The van der Waals surface area contributed by atoms with Crippen molar-refractivity contribution >= 4 is 5.97 Å². The number of phenols is 1. The van der Waals surface area contributed by atoms with Gasteiger partial charge in [-0.25, -0.2) is 9.78 Å². The van der Waals surface area contributed by atoms with E-state index in [1.54, 1.807) is 22.8 Å². The van der Waals surface area contributed by atoms with Crippen LogP contribution in [0.5, 0.6) is 11.5 Å². The third-order valence-electron chi connectivity index (χ3n) is 2.79. The number of carbonyl (C=O) groups is 1. The molecule has 0 aliphatic heterocycles. The second kappa shape index (κ2) is 5.64. The molecule has 2 aromatic rings. The Morgan fingerprint density at radius 3 is 2.80 bits per heavy atom. The number of rotatable bonds is 5. The molecule has 0 aliphatic rings. The second-order valence-electron chi connectivity index (χ2n) is 4.63. The van der Waals surface area contributed by atoms with Gasteiger partial charge in [0.2, 0.25) is 5.82 Å². The second-order valence-corrected chi connectivity index (χ2v) is 4.63. The molecule has 106 valence electrons. The van der Waals surface area contributed by atoms with Gasteiger partial charge in [0.15, 0.2) is 0 Å². The molecule has 1 heterocycles. The van der Waals surface area contributed by atoms with E-state index in [0.717, 1.165) is 0 Å². The minimum Gasteiger partial charge on any atom is -0.508 e. The van der Waals surface area contributed by atoms with Crippen LogP contribution < -0.4 is 4.74 Å². The first-order valence-electron chi connectivity index (χ1n) is 6.20. The molecule has 0 saturated carbocycles. The number of benzene rings is 1. The van der Waals surface area contributed by atoms with E-state index >= 15 is 0 Å². The van der Waals surface area contributed by atoms with E-state index in [1.807, 2.05) is 13.8 Å². The summed E-state index contributed by atoms with van der Waals surface area (Å²) in [6, 6.07) is 6.40. The average Bonchev–Trinajstić information content (AvgIpc) is 2.80. The summed E-state index contributed by atoms with van der Waals surface area (Å²) in [5, 5.41) is 18.4. The van der Waals surface area contributed by atoms with E-state index in [4.69, 9.17) is 9.84 Å². The van der Waals surface area contributed by atoms with Gasteiger partial charge in [0.1, 0.15) is 18.1 Å². The fourth-order valence-electron chi connectivity index (χ4n) is 1.97. The molecular weight excluding hydrogens is 260 g/mol. The fourth-order valence-corrected chi connectivity index (χ4v) is 1.97. The predicted octanol–water partition coefficient (Wildman–Crippen LogP) is 2.45. The summed E-state index contributed by atoms with van der Waals surface area (Å²) in [7, 11) is 0. The summed E-state index contributed by atoms with van der Waals surface area (Å²) in [5.74, 6) is -0.443. The number of nitrogens with zero attached hydrogens (tertiary/aromatic N) is 2. The topological polar surface area (TPSA) is 84.6 Å². The number of hydrogen-bond acceptors (Lipinski definition) is 4. The molecule has 2 N–H and O–H groups in total. The van der Waals surface area contributed by atoms with Crippen LogP contribution in [0.1, 0.15) is 36.2 Å². The van der Waals surface area contributed by atoms with Gasteiger partial charge < -0.3 is 19.5 Å². The maximum atomic E-state index is 11.1. The Morgan fingerprint density at radius 2 is 2.20 bits per heavy atom. The zero-order valence-electron chi connectivity index (χ0n) is 11.3. The van der Waals surface area contributed by atoms with Gasteiger partial charge in [0.25, 0.3) is 0 Å². The number of phenolic OH excluding ortho intramolecular Hbond substituents is 1. The monoisotopic (exact) mass is 276 g/mol. The number of imidazole rings is 1. The third-order valence-corrected chi connectivity index (χ3v) is 2.79. The summed E-state index contributed by atoms with van der Waals surface area (Å²) in [5.41, 5.74) is 0.667. The molecule has 1 aromatic carbocycles. The maximum Gasteiger partial charge on any atom is 0.372 e. The Balaban J connectivity index is 2.19. The quantitative estimate of drug-likeness (QED) is 0.876. The first kappa shape index (κ1) is 13.9. The number of ether oxygens (including phenoxy) is 1. The van der Waals surface area contributed by atoms with E-state index in [1.165, 1.54) is 12.3 Å².